The van der Waals surface area contributed by atoms with Crippen LogP contribution in [0.4, 0.5) is 0 Å². The molecule has 2 aliphatic rings. The van der Waals surface area contributed by atoms with Crippen LogP contribution in [0, 0.1) is 11.3 Å². The van der Waals surface area contributed by atoms with E-state index in [1.807, 2.05) is 6.07 Å². The Bertz CT molecular complexity index is 1010. The van der Waals surface area contributed by atoms with Crippen molar-refractivity contribution in [2.24, 2.45) is 0 Å². The zero-order chi connectivity index (χ0) is 23.3. The van der Waals surface area contributed by atoms with E-state index in [1.165, 1.54) is 11.0 Å². The van der Waals surface area contributed by atoms with E-state index in [2.05, 4.69) is 0 Å². The Hall–Kier alpha value is -2.41. The number of amides is 2. The first-order chi connectivity index (χ1) is 15.2. The standard InChI is InChI=1S/C22H27ClN4O4S/c1-17(21(28)25-12-3-2-4-13-25)26-14-9-20(22(26)29)27(15-11-24)32(30,31)16-10-18-5-7-19(23)8-6-18/h5-8,10,16-17,20H,2-4,9,12-15H2,1H3/t17-,20-/m0/s1. The van der Waals surface area contributed by atoms with Crippen molar-refractivity contribution < 1.29 is 18.0 Å². The average molecular weight is 479 g/mol. The fourth-order valence-corrected chi connectivity index (χ4v) is 5.51. The maximum absolute atomic E-state index is 13.1. The van der Waals surface area contributed by atoms with E-state index in [9.17, 15) is 23.3 Å². The van der Waals surface area contributed by atoms with Crippen molar-refractivity contribution in [3.8, 4) is 6.07 Å². The Morgan fingerprint density at radius 2 is 1.91 bits per heavy atom. The van der Waals surface area contributed by atoms with Crippen LogP contribution in [-0.2, 0) is 19.6 Å². The number of rotatable bonds is 7. The first-order valence-electron chi connectivity index (χ1n) is 10.7. The quantitative estimate of drug-likeness (QED) is 0.560. The molecular weight excluding hydrogens is 452 g/mol. The summed E-state index contributed by atoms with van der Waals surface area (Å²) in [6.45, 7) is 2.85. The fourth-order valence-electron chi connectivity index (χ4n) is 4.11. The highest BCUT2D eigenvalue weighted by molar-refractivity contribution is 7.92. The van der Waals surface area contributed by atoms with E-state index in [4.69, 9.17) is 11.6 Å². The summed E-state index contributed by atoms with van der Waals surface area (Å²) in [5.41, 5.74) is 0.620. The zero-order valence-corrected chi connectivity index (χ0v) is 19.6. The van der Waals surface area contributed by atoms with Gasteiger partial charge in [0.15, 0.2) is 0 Å². The van der Waals surface area contributed by atoms with Crippen LogP contribution in [0.2, 0.25) is 5.02 Å². The number of carbonyl (C=O) groups is 2. The first-order valence-corrected chi connectivity index (χ1v) is 12.5. The van der Waals surface area contributed by atoms with Gasteiger partial charge in [-0.3, -0.25) is 9.59 Å². The van der Waals surface area contributed by atoms with E-state index in [0.29, 0.717) is 23.7 Å². The van der Waals surface area contributed by atoms with Crippen molar-refractivity contribution in [1.82, 2.24) is 14.1 Å². The number of sulfonamides is 1. The van der Waals surface area contributed by atoms with Gasteiger partial charge < -0.3 is 9.80 Å². The van der Waals surface area contributed by atoms with Crippen LogP contribution in [0.1, 0.15) is 38.2 Å². The average Bonchev–Trinajstić information content (AvgIpc) is 3.17. The highest BCUT2D eigenvalue weighted by atomic mass is 35.5. The number of likely N-dealkylation sites (tertiary alicyclic amines) is 2. The minimum absolute atomic E-state index is 0.115. The van der Waals surface area contributed by atoms with Crippen LogP contribution in [0.5, 0.6) is 0 Å². The molecule has 1 aromatic rings. The van der Waals surface area contributed by atoms with Gasteiger partial charge in [0.25, 0.3) is 0 Å². The summed E-state index contributed by atoms with van der Waals surface area (Å²) in [7, 11) is -4.04. The lowest BCUT2D eigenvalue weighted by molar-refractivity contribution is -0.144. The summed E-state index contributed by atoms with van der Waals surface area (Å²) >= 11 is 5.85. The Morgan fingerprint density at radius 3 is 2.53 bits per heavy atom. The van der Waals surface area contributed by atoms with Gasteiger partial charge in [-0.15, -0.1) is 0 Å². The molecule has 0 spiro atoms. The SMILES string of the molecule is C[C@@H](C(=O)N1CCCCC1)N1CC[C@H](N(CC#N)S(=O)(=O)C=Cc2ccc(Cl)cc2)C1=O. The Morgan fingerprint density at radius 1 is 1.25 bits per heavy atom. The third-order valence-electron chi connectivity index (χ3n) is 5.91. The van der Waals surface area contributed by atoms with Crippen LogP contribution in [0.25, 0.3) is 6.08 Å². The molecule has 2 amide bonds. The van der Waals surface area contributed by atoms with Gasteiger partial charge in [0.1, 0.15) is 18.6 Å². The van der Waals surface area contributed by atoms with Gasteiger partial charge in [-0.1, -0.05) is 23.7 Å². The van der Waals surface area contributed by atoms with Gasteiger partial charge in [-0.2, -0.15) is 9.57 Å². The largest absolute Gasteiger partial charge is 0.341 e. The Balaban J connectivity index is 1.74. The van der Waals surface area contributed by atoms with Gasteiger partial charge in [0, 0.05) is 30.1 Å². The van der Waals surface area contributed by atoms with Crippen molar-refractivity contribution in [3.63, 3.8) is 0 Å². The molecular formula is C22H27ClN4O4S. The van der Waals surface area contributed by atoms with Crippen molar-refractivity contribution >= 4 is 39.5 Å². The van der Waals surface area contributed by atoms with Crippen LogP contribution in [-0.4, -0.2) is 72.6 Å². The molecule has 32 heavy (non-hydrogen) atoms. The Kier molecular flexibility index (Phi) is 7.93. The van der Waals surface area contributed by atoms with E-state index < -0.39 is 34.6 Å². The number of benzene rings is 1. The molecule has 0 N–H and O–H groups in total. The van der Waals surface area contributed by atoms with Gasteiger partial charge in [-0.25, -0.2) is 8.42 Å². The molecule has 1 aromatic carbocycles. The smallest absolute Gasteiger partial charge is 0.245 e. The number of piperidine rings is 1. The maximum atomic E-state index is 13.1. The Labute approximate surface area is 194 Å². The summed E-state index contributed by atoms with van der Waals surface area (Å²) in [5, 5.41) is 10.7. The third-order valence-corrected chi connectivity index (χ3v) is 7.68. The molecule has 172 valence electrons. The van der Waals surface area contributed by atoms with Gasteiger partial charge in [0.2, 0.25) is 21.8 Å². The molecule has 0 radical (unpaired) electrons. The van der Waals surface area contributed by atoms with Gasteiger partial charge in [0.05, 0.1) is 6.07 Å². The second-order valence-corrected chi connectivity index (χ2v) is 10.2. The number of hydrogen-bond acceptors (Lipinski definition) is 5. The third kappa shape index (κ3) is 5.49. The highest BCUT2D eigenvalue weighted by Crippen LogP contribution is 2.24. The van der Waals surface area contributed by atoms with Crippen molar-refractivity contribution in [2.45, 2.75) is 44.7 Å². The molecule has 10 heteroatoms. The summed E-state index contributed by atoms with van der Waals surface area (Å²) in [6.07, 6.45) is 4.61. The molecule has 3 rings (SSSR count). The highest BCUT2D eigenvalue weighted by Gasteiger charge is 2.44. The summed E-state index contributed by atoms with van der Waals surface area (Å²) in [4.78, 5) is 29.2. The first kappa shape index (κ1) is 24.2. The monoisotopic (exact) mass is 478 g/mol. The second kappa shape index (κ2) is 10.5. The summed E-state index contributed by atoms with van der Waals surface area (Å²) in [6, 6.07) is 6.78. The fraction of sp³-hybridized carbons (Fsp3) is 0.500. The molecule has 2 saturated heterocycles. The van der Waals surface area contributed by atoms with Crippen LogP contribution in [0.15, 0.2) is 29.7 Å². The number of halogens is 1. The number of nitrogens with zero attached hydrogens (tertiary/aromatic N) is 4. The molecule has 2 atom stereocenters. The number of nitriles is 1. The number of hydrogen-bond donors (Lipinski definition) is 0. The molecule has 0 unspecified atom stereocenters. The van der Waals surface area contributed by atoms with Gasteiger partial charge in [-0.05, 0) is 56.4 Å². The molecule has 2 fully saturated rings. The molecule has 0 aliphatic carbocycles. The summed E-state index contributed by atoms with van der Waals surface area (Å²) < 4.78 is 26.9. The van der Waals surface area contributed by atoms with Crippen molar-refractivity contribution in [2.75, 3.05) is 26.2 Å². The molecule has 8 nitrogen and oxygen atoms in total. The molecule has 0 aromatic heterocycles. The minimum Gasteiger partial charge on any atom is -0.341 e. The number of carbonyl (C=O) groups excluding carboxylic acids is 2. The predicted octanol–water partition coefficient (Wildman–Crippen LogP) is 2.47. The summed E-state index contributed by atoms with van der Waals surface area (Å²) in [5.74, 6) is -0.558. The van der Waals surface area contributed by atoms with E-state index in [0.717, 1.165) is 29.0 Å². The van der Waals surface area contributed by atoms with Crippen molar-refractivity contribution in [3.05, 3.63) is 40.3 Å². The van der Waals surface area contributed by atoms with E-state index in [-0.39, 0.29) is 18.9 Å². The van der Waals surface area contributed by atoms with Gasteiger partial charge >= 0.3 is 0 Å². The molecule has 2 aliphatic heterocycles. The lowest BCUT2D eigenvalue weighted by atomic mass is 10.1. The topological polar surface area (TPSA) is 102 Å². The van der Waals surface area contributed by atoms with E-state index >= 15 is 0 Å². The lowest BCUT2D eigenvalue weighted by Crippen LogP contribution is -2.51. The van der Waals surface area contributed by atoms with E-state index in [1.54, 1.807) is 36.1 Å². The molecule has 0 bridgehead atoms. The predicted molar refractivity (Wildman–Crippen MR) is 122 cm³/mol. The zero-order valence-electron chi connectivity index (χ0n) is 18.0. The van der Waals surface area contributed by atoms with Crippen molar-refractivity contribution in [1.29, 1.82) is 5.26 Å². The second-order valence-electron chi connectivity index (χ2n) is 8.00. The minimum atomic E-state index is -4.04. The van der Waals surface area contributed by atoms with Crippen LogP contribution in [0.3, 0.4) is 0 Å². The maximum Gasteiger partial charge on any atom is 0.245 e. The van der Waals surface area contributed by atoms with Crippen LogP contribution < -0.4 is 0 Å². The van der Waals surface area contributed by atoms with Crippen LogP contribution >= 0.6 is 11.6 Å². The normalized spacial score (nSPS) is 20.7. The molecule has 0 saturated carbocycles. The molecule has 2 heterocycles. The lowest BCUT2D eigenvalue weighted by Gasteiger charge is -2.33.